The standard InChI is InChI=1S/C15H16OS/c1-2-5-12(6-3-1)10-16-11-13-9-14(13)15-7-4-8-17-15/h1-8,13-14H,9-11H2/t13-,14+/m0/s1. The van der Waals surface area contributed by atoms with Gasteiger partial charge in [0.05, 0.1) is 13.2 Å². The van der Waals surface area contributed by atoms with Gasteiger partial charge in [-0.05, 0) is 35.3 Å². The first-order valence-electron chi connectivity index (χ1n) is 6.08. The van der Waals surface area contributed by atoms with Crippen LogP contribution in [0.25, 0.3) is 0 Å². The van der Waals surface area contributed by atoms with Crippen LogP contribution < -0.4 is 0 Å². The van der Waals surface area contributed by atoms with E-state index in [4.69, 9.17) is 4.74 Å². The van der Waals surface area contributed by atoms with Gasteiger partial charge in [0.25, 0.3) is 0 Å². The first-order valence-corrected chi connectivity index (χ1v) is 6.96. The minimum atomic E-state index is 0.745. The van der Waals surface area contributed by atoms with Crippen molar-refractivity contribution in [1.82, 2.24) is 0 Å². The van der Waals surface area contributed by atoms with Crippen LogP contribution >= 0.6 is 11.3 Å². The molecule has 0 aliphatic heterocycles. The Labute approximate surface area is 106 Å². The summed E-state index contributed by atoms with van der Waals surface area (Å²) in [7, 11) is 0. The van der Waals surface area contributed by atoms with E-state index in [0.29, 0.717) is 0 Å². The van der Waals surface area contributed by atoms with Gasteiger partial charge in [0, 0.05) is 4.88 Å². The Bertz CT molecular complexity index is 449. The molecule has 3 rings (SSSR count). The summed E-state index contributed by atoms with van der Waals surface area (Å²) in [6.07, 6.45) is 1.30. The molecular formula is C15H16OS. The van der Waals surface area contributed by atoms with Gasteiger partial charge in [0.1, 0.15) is 0 Å². The molecule has 0 bridgehead atoms. The van der Waals surface area contributed by atoms with E-state index in [1.54, 1.807) is 0 Å². The van der Waals surface area contributed by atoms with Gasteiger partial charge in [-0.25, -0.2) is 0 Å². The van der Waals surface area contributed by atoms with Crippen molar-refractivity contribution in [2.45, 2.75) is 18.9 Å². The summed E-state index contributed by atoms with van der Waals surface area (Å²) in [5.41, 5.74) is 1.26. The van der Waals surface area contributed by atoms with Crippen LogP contribution in [0.3, 0.4) is 0 Å². The minimum absolute atomic E-state index is 0.745. The van der Waals surface area contributed by atoms with Crippen LogP contribution in [0, 0.1) is 5.92 Å². The Morgan fingerprint density at radius 1 is 1.12 bits per heavy atom. The molecule has 0 amide bonds. The van der Waals surface area contributed by atoms with Gasteiger partial charge in [-0.1, -0.05) is 36.4 Å². The second kappa shape index (κ2) is 5.03. The highest BCUT2D eigenvalue weighted by atomic mass is 32.1. The molecule has 0 spiro atoms. The molecule has 88 valence electrons. The van der Waals surface area contributed by atoms with Crippen LogP contribution in [-0.4, -0.2) is 6.61 Å². The van der Waals surface area contributed by atoms with Crippen LogP contribution in [0.2, 0.25) is 0 Å². The lowest BCUT2D eigenvalue weighted by molar-refractivity contribution is 0.110. The van der Waals surface area contributed by atoms with Gasteiger partial charge in [-0.2, -0.15) is 0 Å². The predicted octanol–water partition coefficient (Wildman–Crippen LogP) is 4.07. The maximum atomic E-state index is 5.78. The van der Waals surface area contributed by atoms with Gasteiger partial charge >= 0.3 is 0 Å². The third-order valence-corrected chi connectivity index (χ3v) is 4.28. The second-order valence-corrected chi connectivity index (χ2v) is 5.60. The van der Waals surface area contributed by atoms with Gasteiger partial charge in [0.15, 0.2) is 0 Å². The number of rotatable bonds is 5. The highest BCUT2D eigenvalue weighted by molar-refractivity contribution is 7.10. The molecule has 1 fully saturated rings. The first-order chi connectivity index (χ1) is 8.43. The number of thiophene rings is 1. The molecule has 0 unspecified atom stereocenters. The smallest absolute Gasteiger partial charge is 0.0717 e. The summed E-state index contributed by atoms with van der Waals surface area (Å²) in [5.74, 6) is 1.52. The third-order valence-electron chi connectivity index (χ3n) is 3.27. The average molecular weight is 244 g/mol. The van der Waals surface area contributed by atoms with Crippen molar-refractivity contribution in [2.24, 2.45) is 5.92 Å². The Kier molecular flexibility index (Phi) is 3.25. The molecule has 17 heavy (non-hydrogen) atoms. The lowest BCUT2D eigenvalue weighted by Crippen LogP contribution is -1.98. The molecule has 1 heterocycles. The van der Waals surface area contributed by atoms with Gasteiger partial charge in [0.2, 0.25) is 0 Å². The van der Waals surface area contributed by atoms with Crippen molar-refractivity contribution in [2.75, 3.05) is 6.61 Å². The zero-order chi connectivity index (χ0) is 11.5. The van der Waals surface area contributed by atoms with Crippen LogP contribution in [0.5, 0.6) is 0 Å². The van der Waals surface area contributed by atoms with Crippen molar-refractivity contribution in [3.63, 3.8) is 0 Å². The van der Waals surface area contributed by atoms with Crippen LogP contribution in [0.15, 0.2) is 47.8 Å². The van der Waals surface area contributed by atoms with E-state index in [-0.39, 0.29) is 0 Å². The Balaban J connectivity index is 1.42. The number of benzene rings is 1. The highest BCUT2D eigenvalue weighted by Gasteiger charge is 2.38. The summed E-state index contributed by atoms with van der Waals surface area (Å²) < 4.78 is 5.78. The van der Waals surface area contributed by atoms with Gasteiger partial charge < -0.3 is 4.74 Å². The van der Waals surface area contributed by atoms with E-state index >= 15 is 0 Å². The molecule has 0 N–H and O–H groups in total. The van der Waals surface area contributed by atoms with Crippen molar-refractivity contribution in [3.8, 4) is 0 Å². The minimum Gasteiger partial charge on any atom is -0.376 e. The third kappa shape index (κ3) is 2.76. The summed E-state index contributed by atoms with van der Waals surface area (Å²) in [5, 5.41) is 2.16. The lowest BCUT2D eigenvalue weighted by Gasteiger charge is -2.03. The van der Waals surface area contributed by atoms with E-state index in [9.17, 15) is 0 Å². The summed E-state index contributed by atoms with van der Waals surface area (Å²) in [4.78, 5) is 1.53. The maximum absolute atomic E-state index is 5.78. The molecule has 1 nitrogen and oxygen atoms in total. The van der Waals surface area contributed by atoms with Crippen LogP contribution in [0.1, 0.15) is 22.8 Å². The molecule has 1 saturated carbocycles. The van der Waals surface area contributed by atoms with Gasteiger partial charge in [-0.15, -0.1) is 11.3 Å². The predicted molar refractivity (Wildman–Crippen MR) is 71.3 cm³/mol. The first kappa shape index (κ1) is 11.0. The molecule has 0 radical (unpaired) electrons. The number of hydrogen-bond acceptors (Lipinski definition) is 2. The Morgan fingerprint density at radius 2 is 2.00 bits per heavy atom. The molecule has 2 aromatic rings. The quantitative estimate of drug-likeness (QED) is 0.770. The van der Waals surface area contributed by atoms with Crippen LogP contribution in [-0.2, 0) is 11.3 Å². The fourth-order valence-corrected chi connectivity index (χ4v) is 3.12. The van der Waals surface area contributed by atoms with Gasteiger partial charge in [-0.3, -0.25) is 0 Å². The molecule has 0 saturated heterocycles. The number of hydrogen-bond donors (Lipinski definition) is 0. The fourth-order valence-electron chi connectivity index (χ4n) is 2.18. The Hall–Kier alpha value is -1.12. The molecule has 1 aromatic heterocycles. The van der Waals surface area contributed by atoms with Crippen molar-refractivity contribution in [1.29, 1.82) is 0 Å². The maximum Gasteiger partial charge on any atom is 0.0717 e. The van der Waals surface area contributed by atoms with E-state index in [1.165, 1.54) is 16.9 Å². The molecule has 1 aromatic carbocycles. The summed E-state index contributed by atoms with van der Waals surface area (Å²) in [6, 6.07) is 14.8. The zero-order valence-electron chi connectivity index (χ0n) is 9.71. The highest BCUT2D eigenvalue weighted by Crippen LogP contribution is 2.49. The molecular weight excluding hydrogens is 228 g/mol. The number of ether oxygens (including phenoxy) is 1. The zero-order valence-corrected chi connectivity index (χ0v) is 10.5. The van der Waals surface area contributed by atoms with E-state index in [1.807, 2.05) is 17.4 Å². The van der Waals surface area contributed by atoms with Crippen molar-refractivity contribution in [3.05, 3.63) is 58.3 Å². The normalized spacial score (nSPS) is 22.6. The van der Waals surface area contributed by atoms with Crippen molar-refractivity contribution >= 4 is 11.3 Å². The van der Waals surface area contributed by atoms with Crippen LogP contribution in [0.4, 0.5) is 0 Å². The van der Waals surface area contributed by atoms with Crippen molar-refractivity contribution < 1.29 is 4.74 Å². The van der Waals surface area contributed by atoms with E-state index in [0.717, 1.165) is 25.0 Å². The largest absolute Gasteiger partial charge is 0.376 e. The molecule has 2 atom stereocenters. The molecule has 2 heteroatoms. The monoisotopic (exact) mass is 244 g/mol. The van der Waals surface area contributed by atoms with E-state index < -0.39 is 0 Å². The lowest BCUT2D eigenvalue weighted by atomic mass is 10.2. The summed E-state index contributed by atoms with van der Waals surface area (Å²) in [6.45, 7) is 1.64. The second-order valence-electron chi connectivity index (χ2n) is 4.62. The molecule has 1 aliphatic rings. The van der Waals surface area contributed by atoms with E-state index in [2.05, 4.69) is 41.8 Å². The fraction of sp³-hybridized carbons (Fsp3) is 0.333. The topological polar surface area (TPSA) is 9.23 Å². The molecule has 1 aliphatic carbocycles. The Morgan fingerprint density at radius 3 is 2.76 bits per heavy atom. The SMILES string of the molecule is c1ccc(COC[C@@H]2C[C@H]2c2cccs2)cc1. The summed E-state index contributed by atoms with van der Waals surface area (Å²) >= 11 is 1.87. The average Bonchev–Trinajstić information content (AvgIpc) is 2.93.